The minimum Gasteiger partial charge on any atom is -0.389 e. The number of rotatable bonds is 3. The van der Waals surface area contributed by atoms with Gasteiger partial charge in [-0.1, -0.05) is 32.6 Å². The van der Waals surface area contributed by atoms with Gasteiger partial charge in [0.1, 0.15) is 0 Å². The van der Waals surface area contributed by atoms with E-state index >= 15 is 0 Å². The Morgan fingerprint density at radius 2 is 1.88 bits per heavy atom. The van der Waals surface area contributed by atoms with Crippen LogP contribution in [0.1, 0.15) is 58.3 Å². The lowest BCUT2D eigenvalue weighted by Gasteiger charge is -2.34. The summed E-state index contributed by atoms with van der Waals surface area (Å²) in [5.41, 5.74) is -0.418. The molecule has 2 aliphatic rings. The van der Waals surface area contributed by atoms with Gasteiger partial charge in [0.25, 0.3) is 0 Å². The highest BCUT2D eigenvalue weighted by Gasteiger charge is 2.30. The Hall–Kier alpha value is 0.270. The van der Waals surface area contributed by atoms with Crippen LogP contribution in [0.25, 0.3) is 0 Å². The maximum absolute atomic E-state index is 10.6. The Kier molecular flexibility index (Phi) is 5.19. The molecule has 0 radical (unpaired) electrons. The second kappa shape index (κ2) is 6.44. The second-order valence-corrected chi connectivity index (χ2v) is 7.33. The fourth-order valence-electron chi connectivity index (χ4n) is 3.08. The molecule has 0 aromatic carbocycles. The third kappa shape index (κ3) is 4.15. The fraction of sp³-hybridized carbons (Fsp3) is 1.00. The smallest absolute Gasteiger partial charge is 0.0771 e. The van der Waals surface area contributed by atoms with Gasteiger partial charge in [-0.25, -0.2) is 0 Å². The molecular weight excluding hydrogens is 230 g/mol. The van der Waals surface area contributed by atoms with Crippen molar-refractivity contribution in [3.8, 4) is 0 Å². The van der Waals surface area contributed by atoms with Gasteiger partial charge in [0.2, 0.25) is 0 Å². The zero-order valence-corrected chi connectivity index (χ0v) is 11.9. The van der Waals surface area contributed by atoms with Crippen LogP contribution in [0.4, 0.5) is 0 Å². The lowest BCUT2D eigenvalue weighted by molar-refractivity contribution is 0.0224. The highest BCUT2D eigenvalue weighted by Crippen LogP contribution is 2.28. The topological polar surface area (TPSA) is 32.3 Å². The summed E-state index contributed by atoms with van der Waals surface area (Å²) in [5.74, 6) is 1.31. The minimum atomic E-state index is -0.418. The summed E-state index contributed by atoms with van der Waals surface area (Å²) in [7, 11) is 0. The molecule has 2 unspecified atom stereocenters. The van der Waals surface area contributed by atoms with Crippen molar-refractivity contribution in [1.29, 1.82) is 0 Å². The molecule has 1 heterocycles. The van der Waals surface area contributed by atoms with E-state index in [4.69, 9.17) is 0 Å². The largest absolute Gasteiger partial charge is 0.389 e. The summed E-state index contributed by atoms with van der Waals surface area (Å²) >= 11 is 2.07. The van der Waals surface area contributed by atoms with Crippen LogP contribution in [-0.2, 0) is 0 Å². The highest BCUT2D eigenvalue weighted by atomic mass is 32.2. The molecule has 2 fully saturated rings. The third-order valence-electron chi connectivity index (χ3n) is 4.33. The lowest BCUT2D eigenvalue weighted by atomic mass is 9.93. The molecule has 1 saturated carbocycles. The number of aliphatic hydroxyl groups is 1. The summed E-state index contributed by atoms with van der Waals surface area (Å²) in [6.45, 7) is 3.13. The Morgan fingerprint density at radius 1 is 1.18 bits per heavy atom. The van der Waals surface area contributed by atoms with E-state index in [9.17, 15) is 5.11 Å². The first-order valence-corrected chi connectivity index (χ1v) is 8.32. The van der Waals surface area contributed by atoms with Crippen molar-refractivity contribution in [3.63, 3.8) is 0 Å². The van der Waals surface area contributed by atoms with Crippen molar-refractivity contribution in [2.24, 2.45) is 0 Å². The molecule has 0 aromatic heterocycles. The first kappa shape index (κ1) is 13.7. The van der Waals surface area contributed by atoms with Gasteiger partial charge in [-0.05, 0) is 31.4 Å². The zero-order valence-electron chi connectivity index (χ0n) is 11.1. The molecule has 2 atom stereocenters. The molecule has 100 valence electrons. The number of thioether (sulfide) groups is 1. The van der Waals surface area contributed by atoms with Gasteiger partial charge in [0.15, 0.2) is 0 Å². The minimum absolute atomic E-state index is 0.418. The zero-order chi connectivity index (χ0) is 12.1. The van der Waals surface area contributed by atoms with Crippen LogP contribution in [0, 0.1) is 0 Å². The van der Waals surface area contributed by atoms with Gasteiger partial charge in [0.05, 0.1) is 5.60 Å². The van der Waals surface area contributed by atoms with Gasteiger partial charge < -0.3 is 10.4 Å². The predicted octanol–water partition coefficient (Wildman–Crippen LogP) is 2.95. The Balaban J connectivity index is 1.79. The molecule has 2 nitrogen and oxygen atoms in total. The molecule has 1 aliphatic heterocycles. The molecule has 3 heteroatoms. The molecule has 0 spiro atoms. The van der Waals surface area contributed by atoms with Crippen LogP contribution in [0.15, 0.2) is 0 Å². The van der Waals surface area contributed by atoms with Gasteiger partial charge >= 0.3 is 0 Å². The normalized spacial score (nSPS) is 34.2. The van der Waals surface area contributed by atoms with Gasteiger partial charge in [0, 0.05) is 17.8 Å². The van der Waals surface area contributed by atoms with Crippen LogP contribution < -0.4 is 5.32 Å². The number of nitrogens with one attached hydrogen (secondary N) is 1. The van der Waals surface area contributed by atoms with Crippen molar-refractivity contribution in [2.75, 3.05) is 12.3 Å². The fourth-order valence-corrected chi connectivity index (χ4v) is 4.25. The van der Waals surface area contributed by atoms with E-state index in [2.05, 4.69) is 24.0 Å². The van der Waals surface area contributed by atoms with Crippen LogP contribution in [0.2, 0.25) is 0 Å². The Morgan fingerprint density at radius 3 is 2.53 bits per heavy atom. The predicted molar refractivity (Wildman–Crippen MR) is 75.6 cm³/mol. The molecule has 1 aliphatic carbocycles. The Labute approximate surface area is 110 Å². The van der Waals surface area contributed by atoms with Crippen LogP contribution in [0.3, 0.4) is 0 Å². The molecular formula is C14H27NOS. The maximum Gasteiger partial charge on any atom is 0.0771 e. The van der Waals surface area contributed by atoms with Crippen LogP contribution in [0.5, 0.6) is 0 Å². The molecule has 0 aromatic rings. The van der Waals surface area contributed by atoms with Gasteiger partial charge in [-0.15, -0.1) is 0 Å². The maximum atomic E-state index is 10.6. The van der Waals surface area contributed by atoms with E-state index in [1.165, 1.54) is 44.3 Å². The van der Waals surface area contributed by atoms with E-state index < -0.39 is 5.60 Å². The molecule has 2 N–H and O–H groups in total. The van der Waals surface area contributed by atoms with Gasteiger partial charge in [-0.3, -0.25) is 0 Å². The standard InChI is InChI=1S/C14H27NOS/c1-12-13(7-6-10-17-12)15-11-14(16)8-4-2-3-5-9-14/h12-13,15-16H,2-11H2,1H3. The van der Waals surface area contributed by atoms with E-state index in [0.717, 1.165) is 19.4 Å². The average molecular weight is 257 g/mol. The molecule has 17 heavy (non-hydrogen) atoms. The summed E-state index contributed by atoms with van der Waals surface area (Å²) in [4.78, 5) is 0. The van der Waals surface area contributed by atoms with Crippen molar-refractivity contribution < 1.29 is 5.11 Å². The number of hydrogen-bond donors (Lipinski definition) is 2. The van der Waals surface area contributed by atoms with Crippen molar-refractivity contribution in [2.45, 2.75) is 75.2 Å². The van der Waals surface area contributed by atoms with Crippen molar-refractivity contribution >= 4 is 11.8 Å². The summed E-state index contributed by atoms with van der Waals surface area (Å²) in [5, 5.41) is 14.9. The summed E-state index contributed by atoms with van der Waals surface area (Å²) in [6.07, 6.45) is 9.61. The van der Waals surface area contributed by atoms with Crippen molar-refractivity contribution in [3.05, 3.63) is 0 Å². The molecule has 0 bridgehead atoms. The van der Waals surface area contributed by atoms with E-state index in [1.807, 2.05) is 0 Å². The van der Waals surface area contributed by atoms with Crippen molar-refractivity contribution in [1.82, 2.24) is 5.32 Å². The SMILES string of the molecule is CC1SCCCC1NCC1(O)CCCCCC1. The quantitative estimate of drug-likeness (QED) is 0.763. The second-order valence-electron chi connectivity index (χ2n) is 5.84. The van der Waals surface area contributed by atoms with Crippen LogP contribution in [-0.4, -0.2) is 34.3 Å². The molecule has 0 amide bonds. The highest BCUT2D eigenvalue weighted by molar-refractivity contribution is 7.99. The molecule has 1 saturated heterocycles. The van der Waals surface area contributed by atoms with Gasteiger partial charge in [-0.2, -0.15) is 11.8 Å². The monoisotopic (exact) mass is 257 g/mol. The first-order chi connectivity index (χ1) is 8.20. The number of hydrogen-bond acceptors (Lipinski definition) is 3. The van der Waals surface area contributed by atoms with E-state index in [1.54, 1.807) is 0 Å². The van der Waals surface area contributed by atoms with E-state index in [0.29, 0.717) is 11.3 Å². The summed E-state index contributed by atoms with van der Waals surface area (Å²) in [6, 6.07) is 0.612. The average Bonchev–Trinajstić information content (AvgIpc) is 2.54. The first-order valence-electron chi connectivity index (χ1n) is 7.27. The van der Waals surface area contributed by atoms with E-state index in [-0.39, 0.29) is 0 Å². The molecule has 2 rings (SSSR count). The third-order valence-corrected chi connectivity index (χ3v) is 5.71. The summed E-state index contributed by atoms with van der Waals surface area (Å²) < 4.78 is 0. The Bertz CT molecular complexity index is 226. The lowest BCUT2D eigenvalue weighted by Crippen LogP contribution is -2.48. The van der Waals surface area contributed by atoms with Crippen LogP contribution >= 0.6 is 11.8 Å².